The van der Waals surface area contributed by atoms with E-state index >= 15 is 0 Å². The summed E-state index contributed by atoms with van der Waals surface area (Å²) in [6, 6.07) is 0. The number of methoxy groups -OCH3 is 1. The smallest absolute Gasteiger partial charge is 0.150 e. The fourth-order valence-electron chi connectivity index (χ4n) is 2.62. The lowest BCUT2D eigenvalue weighted by Crippen LogP contribution is -2.32. The minimum Gasteiger partial charge on any atom is -0.382 e. The predicted molar refractivity (Wildman–Crippen MR) is 74.5 cm³/mol. The van der Waals surface area contributed by atoms with Gasteiger partial charge in [0.2, 0.25) is 0 Å². The molecule has 3 unspecified atom stereocenters. The Kier molecular flexibility index (Phi) is 6.60. The average Bonchev–Trinajstić information content (AvgIpc) is 2.68. The molecule has 0 amide bonds. The van der Waals surface area contributed by atoms with Gasteiger partial charge in [0.1, 0.15) is 0 Å². The van der Waals surface area contributed by atoms with Crippen LogP contribution in [0.5, 0.6) is 0 Å². The van der Waals surface area contributed by atoms with Crippen LogP contribution in [-0.2, 0) is 14.6 Å². The van der Waals surface area contributed by atoms with E-state index in [-0.39, 0.29) is 6.10 Å². The predicted octanol–water partition coefficient (Wildman–Crippen LogP) is 1.46. The molecule has 1 heterocycles. The van der Waals surface area contributed by atoms with Gasteiger partial charge in [0.25, 0.3) is 0 Å². The van der Waals surface area contributed by atoms with Crippen molar-refractivity contribution in [1.29, 1.82) is 0 Å². The van der Waals surface area contributed by atoms with Crippen molar-refractivity contribution < 1.29 is 13.2 Å². The molecule has 4 nitrogen and oxygen atoms in total. The van der Waals surface area contributed by atoms with Crippen molar-refractivity contribution in [2.24, 2.45) is 11.8 Å². The van der Waals surface area contributed by atoms with Crippen molar-refractivity contribution in [3.8, 4) is 0 Å². The summed E-state index contributed by atoms with van der Waals surface area (Å²) in [4.78, 5) is 0. The third-order valence-corrected chi connectivity index (χ3v) is 5.60. The summed E-state index contributed by atoms with van der Waals surface area (Å²) in [5, 5.41) is 3.42. The van der Waals surface area contributed by atoms with Crippen LogP contribution in [0.3, 0.4) is 0 Å². The molecule has 1 saturated heterocycles. The molecule has 0 spiro atoms. The van der Waals surface area contributed by atoms with Gasteiger partial charge >= 0.3 is 0 Å². The van der Waals surface area contributed by atoms with Gasteiger partial charge in [-0.25, -0.2) is 8.42 Å². The van der Waals surface area contributed by atoms with Crippen LogP contribution in [0.25, 0.3) is 0 Å². The topological polar surface area (TPSA) is 55.4 Å². The standard InChI is InChI=1S/C13H27NO3S/c1-4-6-14-9-13(8-11(2)17-3)12-5-7-18(15,16)10-12/h11-14H,4-10H2,1-3H3. The van der Waals surface area contributed by atoms with Gasteiger partial charge < -0.3 is 10.1 Å². The summed E-state index contributed by atoms with van der Waals surface area (Å²) >= 11 is 0. The Morgan fingerprint density at radius 2 is 2.17 bits per heavy atom. The monoisotopic (exact) mass is 277 g/mol. The number of sulfone groups is 1. The van der Waals surface area contributed by atoms with Gasteiger partial charge in [-0.3, -0.25) is 0 Å². The Morgan fingerprint density at radius 1 is 1.44 bits per heavy atom. The Bertz CT molecular complexity index is 329. The average molecular weight is 277 g/mol. The maximum Gasteiger partial charge on any atom is 0.150 e. The minimum absolute atomic E-state index is 0.196. The quantitative estimate of drug-likeness (QED) is 0.683. The molecule has 1 N–H and O–H groups in total. The number of hydrogen-bond donors (Lipinski definition) is 1. The van der Waals surface area contributed by atoms with E-state index in [1.807, 2.05) is 0 Å². The van der Waals surface area contributed by atoms with Gasteiger partial charge in [0.05, 0.1) is 17.6 Å². The van der Waals surface area contributed by atoms with E-state index < -0.39 is 9.84 Å². The van der Waals surface area contributed by atoms with E-state index in [9.17, 15) is 8.42 Å². The van der Waals surface area contributed by atoms with Crippen LogP contribution in [0.2, 0.25) is 0 Å². The second kappa shape index (κ2) is 7.46. The van der Waals surface area contributed by atoms with Crippen molar-refractivity contribution >= 4 is 9.84 Å². The second-order valence-corrected chi connectivity index (χ2v) is 7.64. The first kappa shape index (κ1) is 15.9. The van der Waals surface area contributed by atoms with Crippen molar-refractivity contribution in [1.82, 2.24) is 5.32 Å². The molecule has 0 aliphatic carbocycles. The molecule has 1 aliphatic rings. The van der Waals surface area contributed by atoms with Crippen LogP contribution in [0.4, 0.5) is 0 Å². The van der Waals surface area contributed by atoms with E-state index in [1.165, 1.54) is 0 Å². The van der Waals surface area contributed by atoms with Gasteiger partial charge in [-0.05, 0) is 51.1 Å². The van der Waals surface area contributed by atoms with Crippen LogP contribution in [0, 0.1) is 11.8 Å². The molecule has 3 atom stereocenters. The largest absolute Gasteiger partial charge is 0.382 e. The van der Waals surface area contributed by atoms with Crippen molar-refractivity contribution in [2.75, 3.05) is 31.7 Å². The fourth-order valence-corrected chi connectivity index (χ4v) is 4.54. The SMILES string of the molecule is CCCNCC(CC(C)OC)C1CCS(=O)(=O)C1. The highest BCUT2D eigenvalue weighted by Crippen LogP contribution is 2.29. The van der Waals surface area contributed by atoms with Crippen LogP contribution >= 0.6 is 0 Å². The lowest BCUT2D eigenvalue weighted by atomic mass is 9.87. The molecular formula is C13H27NO3S. The molecule has 18 heavy (non-hydrogen) atoms. The maximum absolute atomic E-state index is 11.6. The Labute approximate surface area is 111 Å². The van der Waals surface area contributed by atoms with Crippen molar-refractivity contribution in [3.05, 3.63) is 0 Å². The van der Waals surface area contributed by atoms with E-state index in [0.29, 0.717) is 23.3 Å². The number of rotatable bonds is 8. The summed E-state index contributed by atoms with van der Waals surface area (Å²) in [7, 11) is -1.07. The molecule has 0 radical (unpaired) electrons. The summed E-state index contributed by atoms with van der Waals surface area (Å²) in [6.45, 7) is 6.09. The first-order valence-corrected chi connectivity index (χ1v) is 8.74. The molecule has 5 heteroatoms. The van der Waals surface area contributed by atoms with E-state index in [2.05, 4.69) is 19.2 Å². The number of hydrogen-bond acceptors (Lipinski definition) is 4. The van der Waals surface area contributed by atoms with Gasteiger partial charge in [0, 0.05) is 7.11 Å². The summed E-state index contributed by atoms with van der Waals surface area (Å²) in [5.41, 5.74) is 0. The molecule has 0 bridgehead atoms. The molecule has 0 aromatic carbocycles. The number of nitrogens with one attached hydrogen (secondary N) is 1. The summed E-state index contributed by atoms with van der Waals surface area (Å²) in [5.74, 6) is 1.44. The van der Waals surface area contributed by atoms with Crippen molar-refractivity contribution in [3.63, 3.8) is 0 Å². The van der Waals surface area contributed by atoms with Crippen LogP contribution in [-0.4, -0.2) is 46.2 Å². The summed E-state index contributed by atoms with van der Waals surface area (Å²) < 4.78 is 28.5. The van der Waals surface area contributed by atoms with Crippen LogP contribution in [0.15, 0.2) is 0 Å². The van der Waals surface area contributed by atoms with E-state index in [1.54, 1.807) is 7.11 Å². The molecule has 108 valence electrons. The maximum atomic E-state index is 11.6. The number of ether oxygens (including phenoxy) is 1. The fraction of sp³-hybridized carbons (Fsp3) is 1.00. The normalized spacial score (nSPS) is 26.1. The third kappa shape index (κ3) is 5.24. The van der Waals surface area contributed by atoms with Crippen LogP contribution < -0.4 is 5.32 Å². The van der Waals surface area contributed by atoms with Gasteiger partial charge in [-0.15, -0.1) is 0 Å². The molecule has 1 fully saturated rings. The molecular weight excluding hydrogens is 250 g/mol. The van der Waals surface area contributed by atoms with Gasteiger partial charge in [0.15, 0.2) is 9.84 Å². The lowest BCUT2D eigenvalue weighted by Gasteiger charge is -2.25. The molecule has 0 aromatic rings. The zero-order valence-corrected chi connectivity index (χ0v) is 12.6. The molecule has 0 aromatic heterocycles. The zero-order valence-electron chi connectivity index (χ0n) is 11.8. The molecule has 1 aliphatic heterocycles. The third-order valence-electron chi connectivity index (χ3n) is 3.80. The minimum atomic E-state index is -2.78. The second-order valence-electron chi connectivity index (χ2n) is 5.41. The highest BCUT2D eigenvalue weighted by atomic mass is 32.2. The highest BCUT2D eigenvalue weighted by molar-refractivity contribution is 7.91. The van der Waals surface area contributed by atoms with Gasteiger partial charge in [-0.1, -0.05) is 6.92 Å². The zero-order chi connectivity index (χ0) is 13.6. The van der Waals surface area contributed by atoms with E-state index in [4.69, 9.17) is 4.74 Å². The van der Waals surface area contributed by atoms with Crippen molar-refractivity contribution in [2.45, 2.75) is 39.2 Å². The van der Waals surface area contributed by atoms with E-state index in [0.717, 1.165) is 32.4 Å². The molecule has 0 saturated carbocycles. The Hall–Kier alpha value is -0.130. The van der Waals surface area contributed by atoms with Crippen LogP contribution in [0.1, 0.15) is 33.1 Å². The first-order valence-electron chi connectivity index (χ1n) is 6.92. The Balaban J connectivity index is 2.53. The Morgan fingerprint density at radius 3 is 2.67 bits per heavy atom. The highest BCUT2D eigenvalue weighted by Gasteiger charge is 2.33. The lowest BCUT2D eigenvalue weighted by molar-refractivity contribution is 0.0853. The molecule has 1 rings (SSSR count). The first-order chi connectivity index (χ1) is 8.48. The summed E-state index contributed by atoms with van der Waals surface area (Å²) in [6.07, 6.45) is 3.06. The van der Waals surface area contributed by atoms with Gasteiger partial charge in [-0.2, -0.15) is 0 Å².